The zero-order valence-electron chi connectivity index (χ0n) is 10.8. The highest BCUT2D eigenvalue weighted by molar-refractivity contribution is 7.11. The molecule has 0 atom stereocenters. The van der Waals surface area contributed by atoms with Gasteiger partial charge in [0.25, 0.3) is 0 Å². The summed E-state index contributed by atoms with van der Waals surface area (Å²) in [5.41, 5.74) is 6.82. The number of thiazole rings is 1. The second-order valence-corrected chi connectivity index (χ2v) is 5.79. The summed E-state index contributed by atoms with van der Waals surface area (Å²) in [6.45, 7) is 2.74. The number of nitrogens with zero attached hydrogens (tertiary/aromatic N) is 1. The number of methoxy groups -OCH3 is 1. The van der Waals surface area contributed by atoms with Gasteiger partial charge in [0.2, 0.25) is 0 Å². The van der Waals surface area contributed by atoms with Crippen LogP contribution in [0, 0.1) is 0 Å². The third-order valence-electron chi connectivity index (χ3n) is 3.74. The van der Waals surface area contributed by atoms with Gasteiger partial charge in [-0.25, -0.2) is 4.98 Å². The molecule has 4 heteroatoms. The van der Waals surface area contributed by atoms with Crippen molar-refractivity contribution < 1.29 is 4.74 Å². The van der Waals surface area contributed by atoms with Crippen LogP contribution in [0.25, 0.3) is 0 Å². The normalized spacial score (nSPS) is 19.5. The number of rotatable bonds is 4. The zero-order chi connectivity index (χ0) is 12.3. The molecule has 0 saturated heterocycles. The Bertz CT molecular complexity index is 348. The molecule has 17 heavy (non-hydrogen) atoms. The van der Waals surface area contributed by atoms with E-state index in [9.17, 15) is 0 Å². The van der Waals surface area contributed by atoms with E-state index in [-0.39, 0.29) is 5.60 Å². The van der Waals surface area contributed by atoms with Crippen molar-refractivity contribution in [2.45, 2.75) is 57.6 Å². The molecule has 1 aliphatic rings. The van der Waals surface area contributed by atoms with Crippen molar-refractivity contribution in [2.75, 3.05) is 7.11 Å². The quantitative estimate of drug-likeness (QED) is 0.898. The molecule has 0 bridgehead atoms. The van der Waals surface area contributed by atoms with E-state index in [0.717, 1.165) is 30.0 Å². The first-order valence-electron chi connectivity index (χ1n) is 6.50. The van der Waals surface area contributed by atoms with Crippen molar-refractivity contribution >= 4 is 11.3 Å². The van der Waals surface area contributed by atoms with Crippen molar-refractivity contribution in [3.05, 3.63) is 15.6 Å². The molecule has 0 spiro atoms. The van der Waals surface area contributed by atoms with Gasteiger partial charge in [-0.15, -0.1) is 11.3 Å². The standard InChI is InChI=1S/C13H22N2OS/c1-3-10-11(9-14)17-12(15-10)13(16-2)7-5-4-6-8-13/h3-9,14H2,1-2H3. The number of hydrogen-bond donors (Lipinski definition) is 1. The number of ether oxygens (including phenoxy) is 1. The number of hydrogen-bond acceptors (Lipinski definition) is 4. The van der Waals surface area contributed by atoms with E-state index >= 15 is 0 Å². The summed E-state index contributed by atoms with van der Waals surface area (Å²) < 4.78 is 5.83. The van der Waals surface area contributed by atoms with Gasteiger partial charge in [0.1, 0.15) is 10.6 Å². The van der Waals surface area contributed by atoms with Crippen LogP contribution in [0.4, 0.5) is 0 Å². The molecule has 0 amide bonds. The molecule has 1 aromatic heterocycles. The minimum atomic E-state index is -0.125. The molecule has 1 saturated carbocycles. The SMILES string of the molecule is CCc1nc(C2(OC)CCCCC2)sc1CN. The molecule has 1 heterocycles. The van der Waals surface area contributed by atoms with Crippen LogP contribution >= 0.6 is 11.3 Å². The van der Waals surface area contributed by atoms with Crippen LogP contribution in [-0.2, 0) is 23.3 Å². The third kappa shape index (κ3) is 2.39. The van der Waals surface area contributed by atoms with Crippen molar-refractivity contribution in [1.82, 2.24) is 4.98 Å². The fraction of sp³-hybridized carbons (Fsp3) is 0.769. The average Bonchev–Trinajstić information content (AvgIpc) is 2.83. The average molecular weight is 254 g/mol. The lowest BCUT2D eigenvalue weighted by atomic mass is 9.85. The van der Waals surface area contributed by atoms with Crippen LogP contribution in [0.1, 0.15) is 54.6 Å². The lowest BCUT2D eigenvalue weighted by molar-refractivity contribution is -0.0447. The van der Waals surface area contributed by atoms with E-state index in [4.69, 9.17) is 15.5 Å². The van der Waals surface area contributed by atoms with Crippen molar-refractivity contribution in [3.8, 4) is 0 Å². The Kier molecular flexibility index (Phi) is 4.17. The van der Waals surface area contributed by atoms with Crippen molar-refractivity contribution in [1.29, 1.82) is 0 Å². The van der Waals surface area contributed by atoms with Gasteiger partial charge < -0.3 is 10.5 Å². The van der Waals surface area contributed by atoms with E-state index in [1.807, 2.05) is 7.11 Å². The highest BCUT2D eigenvalue weighted by Gasteiger charge is 2.37. The Morgan fingerprint density at radius 1 is 1.35 bits per heavy atom. The number of aromatic nitrogens is 1. The van der Waals surface area contributed by atoms with Gasteiger partial charge in [0, 0.05) is 18.5 Å². The Morgan fingerprint density at radius 3 is 2.53 bits per heavy atom. The zero-order valence-corrected chi connectivity index (χ0v) is 11.6. The number of aryl methyl sites for hydroxylation is 1. The van der Waals surface area contributed by atoms with E-state index in [1.165, 1.54) is 24.1 Å². The minimum Gasteiger partial charge on any atom is -0.371 e. The van der Waals surface area contributed by atoms with E-state index in [1.54, 1.807) is 11.3 Å². The van der Waals surface area contributed by atoms with Gasteiger partial charge in [-0.2, -0.15) is 0 Å². The Balaban J connectivity index is 2.33. The van der Waals surface area contributed by atoms with Crippen LogP contribution in [0.5, 0.6) is 0 Å². The molecule has 0 aliphatic heterocycles. The summed E-state index contributed by atoms with van der Waals surface area (Å²) in [5.74, 6) is 0. The van der Waals surface area contributed by atoms with Crippen molar-refractivity contribution in [3.63, 3.8) is 0 Å². The smallest absolute Gasteiger partial charge is 0.125 e. The van der Waals surface area contributed by atoms with Gasteiger partial charge >= 0.3 is 0 Å². The molecular formula is C13H22N2OS. The van der Waals surface area contributed by atoms with Gasteiger partial charge in [-0.1, -0.05) is 26.2 Å². The second-order valence-electron chi connectivity index (χ2n) is 4.71. The van der Waals surface area contributed by atoms with E-state index < -0.39 is 0 Å². The van der Waals surface area contributed by atoms with E-state index in [0.29, 0.717) is 6.54 Å². The predicted molar refractivity (Wildman–Crippen MR) is 71.2 cm³/mol. The molecule has 1 aliphatic carbocycles. The maximum Gasteiger partial charge on any atom is 0.125 e. The first kappa shape index (κ1) is 13.0. The molecule has 1 fully saturated rings. The third-order valence-corrected chi connectivity index (χ3v) is 5.05. The predicted octanol–water partition coefficient (Wildman–Crippen LogP) is 2.97. The van der Waals surface area contributed by atoms with Crippen LogP contribution in [0.15, 0.2) is 0 Å². The summed E-state index contributed by atoms with van der Waals surface area (Å²) >= 11 is 1.75. The molecule has 96 valence electrons. The van der Waals surface area contributed by atoms with Crippen LogP contribution in [0.3, 0.4) is 0 Å². The highest BCUT2D eigenvalue weighted by Crippen LogP contribution is 2.42. The summed E-state index contributed by atoms with van der Waals surface area (Å²) in [4.78, 5) is 6.01. The van der Waals surface area contributed by atoms with Gasteiger partial charge in [0.15, 0.2) is 0 Å². The van der Waals surface area contributed by atoms with Gasteiger partial charge in [-0.3, -0.25) is 0 Å². The maximum absolute atomic E-state index is 5.83. The fourth-order valence-corrected chi connectivity index (χ4v) is 3.90. The van der Waals surface area contributed by atoms with Crippen molar-refractivity contribution in [2.24, 2.45) is 5.73 Å². The maximum atomic E-state index is 5.83. The second kappa shape index (κ2) is 5.46. The Morgan fingerprint density at radius 2 is 2.06 bits per heavy atom. The molecule has 3 nitrogen and oxygen atoms in total. The largest absolute Gasteiger partial charge is 0.371 e. The number of nitrogens with two attached hydrogens (primary N) is 1. The molecule has 0 aromatic carbocycles. The van der Waals surface area contributed by atoms with Gasteiger partial charge in [0.05, 0.1) is 5.69 Å². The van der Waals surface area contributed by atoms with Crippen LogP contribution in [0.2, 0.25) is 0 Å². The Hall–Kier alpha value is -0.450. The lowest BCUT2D eigenvalue weighted by Gasteiger charge is -2.34. The summed E-state index contributed by atoms with van der Waals surface area (Å²) in [7, 11) is 1.82. The van der Waals surface area contributed by atoms with Crippen LogP contribution in [-0.4, -0.2) is 12.1 Å². The summed E-state index contributed by atoms with van der Waals surface area (Å²) in [6, 6.07) is 0. The molecule has 2 N–H and O–H groups in total. The molecule has 2 rings (SSSR count). The molecular weight excluding hydrogens is 232 g/mol. The monoisotopic (exact) mass is 254 g/mol. The van der Waals surface area contributed by atoms with Gasteiger partial charge in [-0.05, 0) is 19.3 Å². The molecule has 0 unspecified atom stereocenters. The van der Waals surface area contributed by atoms with Crippen LogP contribution < -0.4 is 5.73 Å². The highest BCUT2D eigenvalue weighted by atomic mass is 32.1. The molecule has 1 aromatic rings. The fourth-order valence-electron chi connectivity index (χ4n) is 2.64. The summed E-state index contributed by atoms with van der Waals surface area (Å²) in [6.07, 6.45) is 6.97. The minimum absolute atomic E-state index is 0.125. The summed E-state index contributed by atoms with van der Waals surface area (Å²) in [5, 5.41) is 1.15. The van der Waals surface area contributed by atoms with E-state index in [2.05, 4.69) is 6.92 Å². The first-order chi connectivity index (χ1) is 8.25. The molecule has 0 radical (unpaired) electrons. The first-order valence-corrected chi connectivity index (χ1v) is 7.31. The Labute approximate surface area is 107 Å². The lowest BCUT2D eigenvalue weighted by Crippen LogP contribution is -2.30. The topological polar surface area (TPSA) is 48.1 Å².